The topological polar surface area (TPSA) is 161 Å². The molecule has 0 saturated heterocycles. The molecule has 0 radical (unpaired) electrons. The van der Waals surface area contributed by atoms with E-state index in [9.17, 15) is 19.0 Å². The summed E-state index contributed by atoms with van der Waals surface area (Å²) in [5, 5.41) is 17.5. The normalized spacial score (nSPS) is 14.5. The molecule has 0 aliphatic rings. The van der Waals surface area contributed by atoms with Crippen LogP contribution in [0.5, 0.6) is 0 Å². The number of esters is 2. The van der Waals surface area contributed by atoms with E-state index in [0.29, 0.717) is 36.7 Å². The van der Waals surface area contributed by atoms with E-state index < -0.39 is 38.8 Å². The van der Waals surface area contributed by atoms with Crippen molar-refractivity contribution in [1.29, 1.82) is 0 Å². The highest BCUT2D eigenvalue weighted by Crippen LogP contribution is 2.38. The van der Waals surface area contributed by atoms with Crippen molar-refractivity contribution in [2.45, 2.75) is 154 Å². The summed E-state index contributed by atoms with van der Waals surface area (Å²) in [4.78, 5) is 40.9. The molecule has 0 aliphatic heterocycles. The van der Waals surface area contributed by atoms with Gasteiger partial charge in [0.1, 0.15) is 19.8 Å². The molecule has 2 N–H and O–H groups in total. The number of aliphatic hydroxyl groups is 1. The van der Waals surface area contributed by atoms with Gasteiger partial charge < -0.3 is 33.0 Å². The lowest BCUT2D eigenvalue weighted by molar-refractivity contribution is -0.870. The molecule has 0 aliphatic carbocycles. The molecule has 46 heavy (non-hydrogen) atoms. The predicted octanol–water partition coefficient (Wildman–Crippen LogP) is 6.67. The monoisotopic (exact) mass is 683 g/mol. The fraction of sp³-hybridized carbons (Fsp3) is 0.939. The molecule has 2 unspecified atom stereocenters. The molecule has 274 valence electrons. The number of rotatable bonds is 33. The lowest BCUT2D eigenvalue weighted by Gasteiger charge is -2.28. The molecular formula is C33H66NO11P. The van der Waals surface area contributed by atoms with Gasteiger partial charge in [0.05, 0.1) is 27.7 Å². The van der Waals surface area contributed by atoms with Gasteiger partial charge in [-0.25, -0.2) is 10.1 Å². The van der Waals surface area contributed by atoms with Crippen LogP contribution in [-0.4, -0.2) is 86.7 Å². The zero-order chi connectivity index (χ0) is 34.5. The van der Waals surface area contributed by atoms with Crippen LogP contribution in [0.2, 0.25) is 0 Å². The van der Waals surface area contributed by atoms with Gasteiger partial charge in [-0.2, -0.15) is 0 Å². The van der Waals surface area contributed by atoms with Gasteiger partial charge in [0.2, 0.25) is 0 Å². The maximum atomic E-state index is 12.5. The average Bonchev–Trinajstić information content (AvgIpc) is 2.99. The van der Waals surface area contributed by atoms with E-state index >= 15 is 0 Å². The van der Waals surface area contributed by atoms with Gasteiger partial charge in [-0.1, -0.05) is 103 Å². The van der Waals surface area contributed by atoms with E-state index in [1.54, 1.807) is 0 Å². The van der Waals surface area contributed by atoms with E-state index in [4.69, 9.17) is 28.9 Å². The molecule has 0 saturated carbocycles. The number of quaternary nitrogens is 1. The van der Waals surface area contributed by atoms with E-state index in [1.807, 2.05) is 21.1 Å². The zero-order valence-electron chi connectivity index (χ0n) is 29.3. The lowest BCUT2D eigenvalue weighted by atomic mass is 10.0. The molecule has 0 bridgehead atoms. The molecule has 0 heterocycles. The van der Waals surface area contributed by atoms with Crippen LogP contribution in [0.4, 0.5) is 0 Å². The van der Waals surface area contributed by atoms with Crippen molar-refractivity contribution in [1.82, 2.24) is 0 Å². The molecule has 13 heteroatoms. The van der Waals surface area contributed by atoms with Crippen molar-refractivity contribution in [3.63, 3.8) is 0 Å². The number of phosphoric ester groups is 1. The molecule has 0 rings (SSSR count). The summed E-state index contributed by atoms with van der Waals surface area (Å²) in [7, 11) is 1.06. The van der Waals surface area contributed by atoms with Crippen LogP contribution in [0.3, 0.4) is 0 Å². The van der Waals surface area contributed by atoms with Crippen LogP contribution in [0.15, 0.2) is 0 Å². The van der Waals surface area contributed by atoms with E-state index in [1.165, 1.54) is 57.8 Å². The fourth-order valence-corrected chi connectivity index (χ4v) is 5.44. The third kappa shape index (κ3) is 31.5. The molecule has 0 spiro atoms. The Hall–Kier alpha value is -1.11. The Balaban J connectivity index is 4.43. The third-order valence-corrected chi connectivity index (χ3v) is 8.56. The number of aliphatic hydroxyl groups excluding tert-OH is 1. The summed E-state index contributed by atoms with van der Waals surface area (Å²) >= 11 is 0. The standard InChI is InChI=1S/C33H66NO11P/c1-5-6-7-8-9-10-11-12-13-14-15-17-20-23-31(35)41-28-30(29-43-46(39,40)42-27-26-34(2,3)4)44-32(36)24-21-18-16-19-22-25-33(37)45-38/h30,33,37H,5-29H2,1-4H3,(H-,38,39,40)/t30-,33?/m1/s1. The van der Waals surface area contributed by atoms with E-state index in [0.717, 1.165) is 38.5 Å². The SMILES string of the molecule is CCCCCCCCCCCCCCCC(=O)OC[C@H](COP(=O)([O-])OCC[N+](C)(C)C)OC(=O)CCCCCCCC(O)OO. The second kappa shape index (κ2) is 28.9. The first kappa shape index (κ1) is 44.9. The van der Waals surface area contributed by atoms with Crippen LogP contribution in [0.25, 0.3) is 0 Å². The predicted molar refractivity (Wildman–Crippen MR) is 176 cm³/mol. The van der Waals surface area contributed by atoms with Gasteiger partial charge in [-0.3, -0.25) is 14.2 Å². The molecule has 0 aromatic heterocycles. The Kier molecular flexibility index (Phi) is 28.2. The Morgan fingerprint density at radius 3 is 1.70 bits per heavy atom. The molecule has 0 aromatic rings. The number of nitrogens with zero attached hydrogens (tertiary/aromatic N) is 1. The molecule has 0 aromatic carbocycles. The Labute approximate surface area is 278 Å². The second-order valence-corrected chi connectivity index (χ2v) is 14.7. The minimum atomic E-state index is -4.65. The molecule has 12 nitrogen and oxygen atoms in total. The van der Waals surface area contributed by atoms with Crippen LogP contribution in [0.1, 0.15) is 142 Å². The molecule has 0 amide bonds. The number of likely N-dealkylation sites (N-methyl/N-ethyl adjacent to an activating group) is 1. The van der Waals surface area contributed by atoms with Crippen LogP contribution in [0, 0.1) is 0 Å². The highest BCUT2D eigenvalue weighted by Gasteiger charge is 2.21. The Bertz CT molecular complexity index is 794. The number of ether oxygens (including phenoxy) is 2. The number of phosphoric acid groups is 1. The summed E-state index contributed by atoms with van der Waals surface area (Å²) in [5.74, 6) is -0.970. The summed E-state index contributed by atoms with van der Waals surface area (Å²) in [6.07, 6.45) is 17.6. The van der Waals surface area contributed by atoms with Crippen molar-refractivity contribution in [3.8, 4) is 0 Å². The highest BCUT2D eigenvalue weighted by atomic mass is 31.2. The number of hydrogen-bond donors (Lipinski definition) is 2. The minimum Gasteiger partial charge on any atom is -0.756 e. The van der Waals surface area contributed by atoms with Crippen LogP contribution in [-0.2, 0) is 37.6 Å². The lowest BCUT2D eigenvalue weighted by Crippen LogP contribution is -2.37. The largest absolute Gasteiger partial charge is 0.756 e. The fourth-order valence-electron chi connectivity index (χ4n) is 4.72. The van der Waals surface area contributed by atoms with Crippen molar-refractivity contribution in [3.05, 3.63) is 0 Å². The zero-order valence-corrected chi connectivity index (χ0v) is 30.2. The third-order valence-electron chi connectivity index (χ3n) is 7.60. The van der Waals surface area contributed by atoms with Gasteiger partial charge in [-0.05, 0) is 19.3 Å². The first-order valence-electron chi connectivity index (χ1n) is 17.6. The number of unbranched alkanes of at least 4 members (excludes halogenated alkanes) is 16. The second-order valence-electron chi connectivity index (χ2n) is 13.2. The average molecular weight is 684 g/mol. The molecule has 0 fully saturated rings. The number of carbonyl (C=O) groups excluding carboxylic acids is 2. The summed E-state index contributed by atoms with van der Waals surface area (Å²) in [6, 6.07) is 0. The quantitative estimate of drug-likeness (QED) is 0.0145. The van der Waals surface area contributed by atoms with E-state index in [2.05, 4.69) is 11.8 Å². The Morgan fingerprint density at radius 2 is 1.20 bits per heavy atom. The van der Waals surface area contributed by atoms with Crippen molar-refractivity contribution in [2.24, 2.45) is 0 Å². The van der Waals surface area contributed by atoms with Crippen LogP contribution < -0.4 is 4.89 Å². The van der Waals surface area contributed by atoms with E-state index in [-0.39, 0.29) is 26.1 Å². The number of hydrogen-bond acceptors (Lipinski definition) is 11. The van der Waals surface area contributed by atoms with Crippen LogP contribution >= 0.6 is 7.82 Å². The number of carbonyl (C=O) groups is 2. The van der Waals surface area contributed by atoms with Gasteiger partial charge in [0.15, 0.2) is 12.4 Å². The van der Waals surface area contributed by atoms with Gasteiger partial charge in [0, 0.05) is 19.3 Å². The van der Waals surface area contributed by atoms with Crippen molar-refractivity contribution >= 4 is 19.8 Å². The maximum absolute atomic E-state index is 12.5. The first-order valence-corrected chi connectivity index (χ1v) is 19.1. The maximum Gasteiger partial charge on any atom is 0.306 e. The smallest absolute Gasteiger partial charge is 0.306 e. The van der Waals surface area contributed by atoms with Gasteiger partial charge >= 0.3 is 11.9 Å². The Morgan fingerprint density at radius 1 is 0.717 bits per heavy atom. The van der Waals surface area contributed by atoms with Gasteiger partial charge in [-0.15, -0.1) is 0 Å². The first-order chi connectivity index (χ1) is 21.9. The minimum absolute atomic E-state index is 0.0607. The molecular weight excluding hydrogens is 617 g/mol. The molecule has 3 atom stereocenters. The summed E-state index contributed by atoms with van der Waals surface area (Å²) in [5.41, 5.74) is 0. The summed E-state index contributed by atoms with van der Waals surface area (Å²) in [6.45, 7) is 1.80. The van der Waals surface area contributed by atoms with Gasteiger partial charge in [0.25, 0.3) is 7.82 Å². The highest BCUT2D eigenvalue weighted by molar-refractivity contribution is 7.45. The van der Waals surface area contributed by atoms with Crippen molar-refractivity contribution in [2.75, 3.05) is 47.5 Å². The van der Waals surface area contributed by atoms with Crippen molar-refractivity contribution < 1.29 is 57.3 Å². The summed E-state index contributed by atoms with van der Waals surface area (Å²) < 4.78 is 33.4.